The van der Waals surface area contributed by atoms with Crippen molar-refractivity contribution in [2.24, 2.45) is 5.92 Å². The maximum absolute atomic E-state index is 11.9. The standard InChI is InChI=1S/C12H22N2O3S2/c1-10(2)8-13-9-11-4-5-12(17-11)19(15,16)14-6-7-18-3/h4-5,10,13-14H,6-9H2,1-3H3. The van der Waals surface area contributed by atoms with Gasteiger partial charge < -0.3 is 9.73 Å². The predicted molar refractivity (Wildman–Crippen MR) is 78.8 cm³/mol. The van der Waals surface area contributed by atoms with E-state index < -0.39 is 10.0 Å². The number of nitrogens with one attached hydrogen (secondary N) is 2. The van der Waals surface area contributed by atoms with Crippen LogP contribution >= 0.6 is 11.8 Å². The van der Waals surface area contributed by atoms with E-state index in [0.717, 1.165) is 12.3 Å². The molecule has 0 aliphatic heterocycles. The molecule has 2 N–H and O–H groups in total. The first kappa shape index (κ1) is 16.6. The minimum atomic E-state index is -3.51. The van der Waals surface area contributed by atoms with E-state index in [9.17, 15) is 8.42 Å². The summed E-state index contributed by atoms with van der Waals surface area (Å²) in [6.07, 6.45) is 1.93. The van der Waals surface area contributed by atoms with Crippen LogP contribution in [0.3, 0.4) is 0 Å². The molecule has 0 amide bonds. The molecule has 0 spiro atoms. The van der Waals surface area contributed by atoms with E-state index in [2.05, 4.69) is 23.9 Å². The topological polar surface area (TPSA) is 71.3 Å². The van der Waals surface area contributed by atoms with Gasteiger partial charge in [-0.2, -0.15) is 11.8 Å². The molecule has 0 aliphatic carbocycles. The van der Waals surface area contributed by atoms with Crippen LogP contribution in [0, 0.1) is 5.92 Å². The summed E-state index contributed by atoms with van der Waals surface area (Å²) in [6.45, 7) is 6.04. The van der Waals surface area contributed by atoms with Crippen molar-refractivity contribution in [3.05, 3.63) is 17.9 Å². The molecule has 0 radical (unpaired) electrons. The van der Waals surface area contributed by atoms with Crippen LogP contribution in [0.4, 0.5) is 0 Å². The average molecular weight is 306 g/mol. The van der Waals surface area contributed by atoms with Crippen molar-refractivity contribution in [2.45, 2.75) is 25.5 Å². The Bertz CT molecular complexity index is 469. The molecule has 0 bridgehead atoms. The average Bonchev–Trinajstić information content (AvgIpc) is 2.78. The number of hydrogen-bond acceptors (Lipinski definition) is 5. The molecule has 0 saturated heterocycles. The Hall–Kier alpha value is -0.500. The second-order valence-corrected chi connectivity index (χ2v) is 7.32. The smallest absolute Gasteiger partial charge is 0.273 e. The molecular weight excluding hydrogens is 284 g/mol. The van der Waals surface area contributed by atoms with E-state index in [1.807, 2.05) is 6.26 Å². The second-order valence-electron chi connectivity index (χ2n) is 4.64. The maximum Gasteiger partial charge on any atom is 0.273 e. The molecule has 0 atom stereocenters. The lowest BCUT2D eigenvalue weighted by Crippen LogP contribution is -2.25. The molecule has 0 aromatic carbocycles. The van der Waals surface area contributed by atoms with Gasteiger partial charge in [0.15, 0.2) is 0 Å². The van der Waals surface area contributed by atoms with Gasteiger partial charge in [0.1, 0.15) is 5.76 Å². The van der Waals surface area contributed by atoms with Crippen LogP contribution < -0.4 is 10.0 Å². The van der Waals surface area contributed by atoms with Crippen LogP contribution in [0.5, 0.6) is 0 Å². The normalized spacial score (nSPS) is 12.2. The summed E-state index contributed by atoms with van der Waals surface area (Å²) >= 11 is 1.59. The van der Waals surface area contributed by atoms with Crippen LogP contribution in [0.25, 0.3) is 0 Å². The summed E-state index contributed by atoms with van der Waals surface area (Å²) in [5.41, 5.74) is 0. The van der Waals surface area contributed by atoms with E-state index in [1.54, 1.807) is 17.8 Å². The van der Waals surface area contributed by atoms with Gasteiger partial charge in [-0.3, -0.25) is 0 Å². The monoisotopic (exact) mass is 306 g/mol. The molecule has 5 nitrogen and oxygen atoms in total. The van der Waals surface area contributed by atoms with Gasteiger partial charge in [-0.1, -0.05) is 13.8 Å². The van der Waals surface area contributed by atoms with Crippen molar-refractivity contribution >= 4 is 21.8 Å². The minimum Gasteiger partial charge on any atom is -0.447 e. The quantitative estimate of drug-likeness (QED) is 0.679. The lowest BCUT2D eigenvalue weighted by Gasteiger charge is -2.05. The molecule has 1 aromatic heterocycles. The summed E-state index contributed by atoms with van der Waals surface area (Å²) in [5.74, 6) is 1.92. The highest BCUT2D eigenvalue weighted by Crippen LogP contribution is 2.13. The van der Waals surface area contributed by atoms with Gasteiger partial charge >= 0.3 is 0 Å². The zero-order chi connectivity index (χ0) is 14.3. The fourth-order valence-corrected chi connectivity index (χ4v) is 2.84. The maximum atomic E-state index is 11.9. The van der Waals surface area contributed by atoms with Gasteiger partial charge in [0.25, 0.3) is 10.0 Å². The number of sulfonamides is 1. The molecule has 110 valence electrons. The molecule has 1 heterocycles. The first-order valence-electron chi connectivity index (χ1n) is 6.23. The van der Waals surface area contributed by atoms with Crippen molar-refractivity contribution in [3.63, 3.8) is 0 Å². The Morgan fingerprint density at radius 2 is 2.11 bits per heavy atom. The highest BCUT2D eigenvalue weighted by molar-refractivity contribution is 7.98. The summed E-state index contributed by atoms with van der Waals surface area (Å²) in [4.78, 5) is 0. The number of furan rings is 1. The largest absolute Gasteiger partial charge is 0.447 e. The van der Waals surface area contributed by atoms with Crippen molar-refractivity contribution in [3.8, 4) is 0 Å². The van der Waals surface area contributed by atoms with E-state index in [4.69, 9.17) is 4.42 Å². The molecule has 1 aromatic rings. The van der Waals surface area contributed by atoms with Gasteiger partial charge in [0, 0.05) is 12.3 Å². The molecule has 0 fully saturated rings. The highest BCUT2D eigenvalue weighted by atomic mass is 32.2. The first-order chi connectivity index (χ1) is 8.95. The molecule has 0 saturated carbocycles. The van der Waals surface area contributed by atoms with Gasteiger partial charge in [0.05, 0.1) is 6.54 Å². The van der Waals surface area contributed by atoms with E-state index in [1.165, 1.54) is 6.07 Å². The summed E-state index contributed by atoms with van der Waals surface area (Å²) in [7, 11) is -3.51. The second kappa shape index (κ2) is 7.94. The van der Waals surface area contributed by atoms with Crippen molar-refractivity contribution < 1.29 is 12.8 Å². The van der Waals surface area contributed by atoms with Gasteiger partial charge in [-0.05, 0) is 30.9 Å². The third-order valence-corrected chi connectivity index (χ3v) is 4.30. The van der Waals surface area contributed by atoms with Crippen LogP contribution in [-0.4, -0.2) is 33.5 Å². The summed E-state index contributed by atoms with van der Waals surface area (Å²) in [6, 6.07) is 3.18. The lowest BCUT2D eigenvalue weighted by molar-refractivity contribution is 0.395. The van der Waals surface area contributed by atoms with Crippen molar-refractivity contribution in [1.82, 2.24) is 10.0 Å². The number of hydrogen-bond donors (Lipinski definition) is 2. The fourth-order valence-electron chi connectivity index (χ4n) is 1.43. The molecule has 19 heavy (non-hydrogen) atoms. The van der Waals surface area contributed by atoms with Crippen molar-refractivity contribution in [2.75, 3.05) is 25.1 Å². The van der Waals surface area contributed by atoms with Crippen molar-refractivity contribution in [1.29, 1.82) is 0 Å². The van der Waals surface area contributed by atoms with Crippen LogP contribution in [0.15, 0.2) is 21.6 Å². The summed E-state index contributed by atoms with van der Waals surface area (Å²) < 4.78 is 31.6. The highest BCUT2D eigenvalue weighted by Gasteiger charge is 2.17. The number of rotatable bonds is 9. The Morgan fingerprint density at radius 3 is 2.74 bits per heavy atom. The molecular formula is C12H22N2O3S2. The third kappa shape index (κ3) is 5.99. The Morgan fingerprint density at radius 1 is 1.37 bits per heavy atom. The fraction of sp³-hybridized carbons (Fsp3) is 0.667. The first-order valence-corrected chi connectivity index (χ1v) is 9.11. The van der Waals surface area contributed by atoms with E-state index in [-0.39, 0.29) is 5.09 Å². The Labute approximate surface area is 119 Å². The Kier molecular flexibility index (Phi) is 6.92. The Balaban J connectivity index is 2.53. The van der Waals surface area contributed by atoms with E-state index in [0.29, 0.717) is 24.8 Å². The third-order valence-electron chi connectivity index (χ3n) is 2.35. The molecule has 0 aliphatic rings. The summed E-state index contributed by atoms with van der Waals surface area (Å²) in [5, 5.41) is 3.19. The minimum absolute atomic E-state index is 0.0186. The van der Waals surface area contributed by atoms with Crippen LogP contribution in [-0.2, 0) is 16.6 Å². The molecule has 7 heteroatoms. The zero-order valence-electron chi connectivity index (χ0n) is 11.6. The van der Waals surface area contributed by atoms with Gasteiger partial charge in [-0.15, -0.1) is 0 Å². The lowest BCUT2D eigenvalue weighted by atomic mass is 10.2. The molecule has 1 rings (SSSR count). The van der Waals surface area contributed by atoms with Crippen LogP contribution in [0.2, 0.25) is 0 Å². The van der Waals surface area contributed by atoms with E-state index >= 15 is 0 Å². The van der Waals surface area contributed by atoms with Crippen LogP contribution in [0.1, 0.15) is 19.6 Å². The van der Waals surface area contributed by atoms with Gasteiger partial charge in [0.2, 0.25) is 5.09 Å². The predicted octanol–water partition coefficient (Wildman–Crippen LogP) is 1.67. The molecule has 0 unspecified atom stereocenters. The zero-order valence-corrected chi connectivity index (χ0v) is 13.2. The van der Waals surface area contributed by atoms with Gasteiger partial charge in [-0.25, -0.2) is 13.1 Å². The number of thioether (sulfide) groups is 1. The SMILES string of the molecule is CSCCNS(=O)(=O)c1ccc(CNCC(C)C)o1.